The third kappa shape index (κ3) is 6.02. The third-order valence-corrected chi connectivity index (χ3v) is 2.94. The standard InChI is InChI=1S/C7H13NO6S/c1-2-14-6(9)4-15(12,13)3-5(8)7(10)11/h5H,2-4,8H2,1H3,(H,10,11)/t5-/m0/s1. The van der Waals surface area contributed by atoms with Crippen LogP contribution >= 0.6 is 0 Å². The zero-order chi connectivity index (χ0) is 12.1. The molecule has 0 aliphatic heterocycles. The van der Waals surface area contributed by atoms with Gasteiger partial charge in [0, 0.05) is 0 Å². The lowest BCUT2D eigenvalue weighted by Gasteiger charge is -2.07. The highest BCUT2D eigenvalue weighted by atomic mass is 32.2. The Bertz CT molecular complexity index is 335. The fourth-order valence-electron chi connectivity index (χ4n) is 0.786. The fourth-order valence-corrected chi connectivity index (χ4v) is 2.04. The number of sulfone groups is 1. The van der Waals surface area contributed by atoms with Crippen molar-refractivity contribution in [2.24, 2.45) is 5.73 Å². The van der Waals surface area contributed by atoms with Gasteiger partial charge < -0.3 is 15.6 Å². The van der Waals surface area contributed by atoms with Crippen LogP contribution in [0, 0.1) is 0 Å². The van der Waals surface area contributed by atoms with E-state index in [1.807, 2.05) is 0 Å². The molecule has 0 unspecified atom stereocenters. The number of nitrogens with two attached hydrogens (primary N) is 1. The van der Waals surface area contributed by atoms with Crippen molar-refractivity contribution in [3.8, 4) is 0 Å². The first kappa shape index (κ1) is 13.8. The van der Waals surface area contributed by atoms with Crippen LogP contribution in [0.2, 0.25) is 0 Å². The average molecular weight is 239 g/mol. The molecule has 3 N–H and O–H groups in total. The summed E-state index contributed by atoms with van der Waals surface area (Å²) in [4.78, 5) is 21.1. The van der Waals surface area contributed by atoms with Gasteiger partial charge in [-0.3, -0.25) is 9.59 Å². The molecule has 0 saturated heterocycles. The van der Waals surface area contributed by atoms with E-state index >= 15 is 0 Å². The number of carboxylic acid groups (broad SMARTS) is 1. The topological polar surface area (TPSA) is 124 Å². The Morgan fingerprint density at radius 1 is 1.47 bits per heavy atom. The molecular weight excluding hydrogens is 226 g/mol. The van der Waals surface area contributed by atoms with Gasteiger partial charge in [0.2, 0.25) is 0 Å². The number of esters is 1. The van der Waals surface area contributed by atoms with Crippen LogP contribution in [0.4, 0.5) is 0 Å². The van der Waals surface area contributed by atoms with E-state index in [0.29, 0.717) is 0 Å². The summed E-state index contributed by atoms with van der Waals surface area (Å²) in [6.07, 6.45) is 0. The minimum Gasteiger partial charge on any atom is -0.480 e. The zero-order valence-electron chi connectivity index (χ0n) is 8.17. The van der Waals surface area contributed by atoms with Gasteiger partial charge in [0.1, 0.15) is 11.8 Å². The summed E-state index contributed by atoms with van der Waals surface area (Å²) in [6.45, 7) is 1.60. The van der Waals surface area contributed by atoms with E-state index < -0.39 is 39.3 Å². The predicted molar refractivity (Wildman–Crippen MR) is 50.9 cm³/mol. The van der Waals surface area contributed by atoms with Gasteiger partial charge in [-0.25, -0.2) is 8.42 Å². The third-order valence-electron chi connectivity index (χ3n) is 1.39. The first-order valence-electron chi connectivity index (χ1n) is 4.13. The van der Waals surface area contributed by atoms with Crippen LogP contribution in [0.1, 0.15) is 6.92 Å². The van der Waals surface area contributed by atoms with Crippen molar-refractivity contribution in [1.29, 1.82) is 0 Å². The first-order chi connectivity index (χ1) is 6.78. The predicted octanol–water partition coefficient (Wildman–Crippen LogP) is -1.62. The number of rotatable bonds is 6. The van der Waals surface area contributed by atoms with Crippen LogP contribution in [0.25, 0.3) is 0 Å². The molecular formula is C7H13NO6S. The minimum absolute atomic E-state index is 0.0688. The highest BCUT2D eigenvalue weighted by Gasteiger charge is 2.24. The monoisotopic (exact) mass is 239 g/mol. The largest absolute Gasteiger partial charge is 0.480 e. The second-order valence-electron chi connectivity index (χ2n) is 2.80. The maximum atomic E-state index is 11.2. The van der Waals surface area contributed by atoms with E-state index in [-0.39, 0.29) is 6.61 Å². The summed E-state index contributed by atoms with van der Waals surface area (Å²) >= 11 is 0. The van der Waals surface area contributed by atoms with Gasteiger partial charge in [-0.2, -0.15) is 0 Å². The molecule has 0 radical (unpaired) electrons. The SMILES string of the molecule is CCOC(=O)CS(=O)(=O)C[C@H](N)C(=O)O. The van der Waals surface area contributed by atoms with E-state index in [1.165, 1.54) is 6.92 Å². The highest BCUT2D eigenvalue weighted by Crippen LogP contribution is 1.95. The molecule has 0 rings (SSSR count). The fraction of sp³-hybridized carbons (Fsp3) is 0.714. The van der Waals surface area contributed by atoms with Gasteiger partial charge >= 0.3 is 11.9 Å². The van der Waals surface area contributed by atoms with Crippen molar-refractivity contribution in [3.05, 3.63) is 0 Å². The Balaban J connectivity index is 4.32. The lowest BCUT2D eigenvalue weighted by Crippen LogP contribution is -2.39. The van der Waals surface area contributed by atoms with Crippen molar-refractivity contribution in [2.75, 3.05) is 18.1 Å². The molecule has 15 heavy (non-hydrogen) atoms. The quantitative estimate of drug-likeness (QED) is 0.533. The summed E-state index contributed by atoms with van der Waals surface area (Å²) in [6, 6.07) is -1.52. The highest BCUT2D eigenvalue weighted by molar-refractivity contribution is 7.92. The van der Waals surface area contributed by atoms with Crippen LogP contribution in [-0.4, -0.2) is 49.6 Å². The number of hydrogen-bond acceptors (Lipinski definition) is 6. The van der Waals surface area contributed by atoms with Crippen molar-refractivity contribution < 1.29 is 27.9 Å². The second kappa shape index (κ2) is 5.66. The van der Waals surface area contributed by atoms with Crippen molar-refractivity contribution in [1.82, 2.24) is 0 Å². The van der Waals surface area contributed by atoms with E-state index in [1.54, 1.807) is 0 Å². The molecule has 7 nitrogen and oxygen atoms in total. The van der Waals surface area contributed by atoms with Crippen LogP contribution in [0.5, 0.6) is 0 Å². The molecule has 0 aromatic rings. The zero-order valence-corrected chi connectivity index (χ0v) is 8.99. The molecule has 0 heterocycles. The van der Waals surface area contributed by atoms with Gasteiger partial charge in [0.05, 0.1) is 12.4 Å². The lowest BCUT2D eigenvalue weighted by molar-refractivity contribution is -0.140. The molecule has 0 aliphatic carbocycles. The number of hydrogen-bond donors (Lipinski definition) is 2. The molecule has 0 aromatic heterocycles. The van der Waals surface area contributed by atoms with Gasteiger partial charge in [-0.1, -0.05) is 0 Å². The van der Waals surface area contributed by atoms with Gasteiger partial charge in [0.15, 0.2) is 9.84 Å². The van der Waals surface area contributed by atoms with Crippen LogP contribution < -0.4 is 5.73 Å². The molecule has 0 saturated carbocycles. The van der Waals surface area contributed by atoms with Crippen LogP contribution in [-0.2, 0) is 24.2 Å². The number of carbonyl (C=O) groups excluding carboxylic acids is 1. The Morgan fingerprint density at radius 2 is 2.00 bits per heavy atom. The van der Waals surface area contributed by atoms with Crippen LogP contribution in [0.15, 0.2) is 0 Å². The molecule has 0 bridgehead atoms. The van der Waals surface area contributed by atoms with Gasteiger partial charge in [-0.15, -0.1) is 0 Å². The molecule has 8 heteroatoms. The summed E-state index contributed by atoms with van der Waals surface area (Å²) in [7, 11) is -3.83. The second-order valence-corrected chi connectivity index (χ2v) is 4.91. The van der Waals surface area contributed by atoms with Crippen LogP contribution in [0.3, 0.4) is 0 Å². The van der Waals surface area contributed by atoms with E-state index in [0.717, 1.165) is 0 Å². The van der Waals surface area contributed by atoms with Gasteiger partial charge in [0.25, 0.3) is 0 Å². The summed E-state index contributed by atoms with van der Waals surface area (Å²) < 4.78 is 26.8. The lowest BCUT2D eigenvalue weighted by atomic mass is 10.4. The molecule has 0 aliphatic rings. The average Bonchev–Trinajstić information content (AvgIpc) is 2.01. The Labute approximate surface area is 87.1 Å². The van der Waals surface area contributed by atoms with E-state index in [9.17, 15) is 18.0 Å². The molecule has 88 valence electrons. The number of ether oxygens (including phenoxy) is 1. The van der Waals surface area contributed by atoms with E-state index in [2.05, 4.69) is 4.74 Å². The van der Waals surface area contributed by atoms with Crippen molar-refractivity contribution in [3.63, 3.8) is 0 Å². The van der Waals surface area contributed by atoms with Crippen molar-refractivity contribution >= 4 is 21.8 Å². The molecule has 0 amide bonds. The molecule has 0 aromatic carbocycles. The van der Waals surface area contributed by atoms with Gasteiger partial charge in [-0.05, 0) is 6.92 Å². The number of carboxylic acids is 1. The van der Waals surface area contributed by atoms with Crippen molar-refractivity contribution in [2.45, 2.75) is 13.0 Å². The summed E-state index contributed by atoms with van der Waals surface area (Å²) in [5.41, 5.74) is 5.02. The number of aliphatic carboxylic acids is 1. The minimum atomic E-state index is -3.83. The Hall–Kier alpha value is -1.15. The molecule has 0 spiro atoms. The maximum absolute atomic E-state index is 11.2. The Kier molecular flexibility index (Phi) is 5.23. The smallest absolute Gasteiger partial charge is 0.321 e. The Morgan fingerprint density at radius 3 is 2.40 bits per heavy atom. The molecule has 1 atom stereocenters. The summed E-state index contributed by atoms with van der Waals surface area (Å²) in [5, 5.41) is 8.38. The first-order valence-corrected chi connectivity index (χ1v) is 5.95. The van der Waals surface area contributed by atoms with E-state index in [4.69, 9.17) is 10.8 Å². The summed E-state index contributed by atoms with van der Waals surface area (Å²) in [5.74, 6) is -3.96. The normalized spacial score (nSPS) is 13.2. The maximum Gasteiger partial charge on any atom is 0.321 e. The molecule has 0 fully saturated rings. The number of carbonyl (C=O) groups is 2.